The van der Waals surface area contributed by atoms with Gasteiger partial charge in [0.15, 0.2) is 11.7 Å². The third kappa shape index (κ3) is 6.40. The van der Waals surface area contributed by atoms with Crippen molar-refractivity contribution in [3.05, 3.63) is 113 Å². The fourth-order valence-electron chi connectivity index (χ4n) is 3.64. The quantitative estimate of drug-likeness (QED) is 0.348. The zero-order valence-corrected chi connectivity index (χ0v) is 18.8. The van der Waals surface area contributed by atoms with E-state index >= 15 is 0 Å². The fourth-order valence-corrected chi connectivity index (χ4v) is 3.64. The molecule has 0 aliphatic rings. The molecule has 4 rings (SSSR count). The molecule has 0 saturated carbocycles. The molecule has 0 radical (unpaired) electrons. The van der Waals surface area contributed by atoms with Crippen LogP contribution in [0.4, 0.5) is 0 Å². The predicted molar refractivity (Wildman–Crippen MR) is 128 cm³/mol. The summed E-state index contributed by atoms with van der Waals surface area (Å²) >= 11 is 0. The van der Waals surface area contributed by atoms with Crippen LogP contribution in [0.3, 0.4) is 0 Å². The van der Waals surface area contributed by atoms with Gasteiger partial charge in [-0.05, 0) is 23.6 Å². The van der Waals surface area contributed by atoms with Gasteiger partial charge < -0.3 is 14.5 Å². The molecule has 1 N–H and O–H groups in total. The van der Waals surface area contributed by atoms with Gasteiger partial charge in [-0.1, -0.05) is 84.9 Å². The van der Waals surface area contributed by atoms with Gasteiger partial charge in [0, 0.05) is 24.9 Å². The lowest BCUT2D eigenvalue weighted by Gasteiger charge is -2.11. The average Bonchev–Trinajstić information content (AvgIpc) is 3.24. The highest BCUT2D eigenvalue weighted by molar-refractivity contribution is 5.76. The molecule has 0 unspecified atom stereocenters. The molecule has 0 fully saturated rings. The van der Waals surface area contributed by atoms with E-state index in [1.165, 1.54) is 0 Å². The molecule has 3 aromatic carbocycles. The summed E-state index contributed by atoms with van der Waals surface area (Å²) < 4.78 is 11.8. The van der Waals surface area contributed by atoms with Crippen LogP contribution in [0.15, 0.2) is 89.3 Å². The number of carbonyl (C=O) groups excluding carboxylic acids is 1. The van der Waals surface area contributed by atoms with E-state index in [1.807, 2.05) is 91.9 Å². The molecule has 5 nitrogen and oxygen atoms in total. The maximum atomic E-state index is 12.4. The lowest BCUT2D eigenvalue weighted by Crippen LogP contribution is -2.23. The van der Waals surface area contributed by atoms with Gasteiger partial charge in [0.1, 0.15) is 0 Å². The zero-order valence-electron chi connectivity index (χ0n) is 18.8. The Morgan fingerprint density at radius 1 is 0.879 bits per heavy atom. The first-order chi connectivity index (χ1) is 16.2. The molecule has 4 aromatic rings. The van der Waals surface area contributed by atoms with Crippen LogP contribution in [0.2, 0.25) is 0 Å². The van der Waals surface area contributed by atoms with Gasteiger partial charge in [-0.15, -0.1) is 0 Å². The molecular weight excluding hydrogens is 412 g/mol. The fraction of sp³-hybridized carbons (Fsp3) is 0.214. The van der Waals surface area contributed by atoms with Crippen molar-refractivity contribution in [3.63, 3.8) is 0 Å². The molecular formula is C28H28N2O3. The van der Waals surface area contributed by atoms with Gasteiger partial charge in [0.2, 0.25) is 5.91 Å². The van der Waals surface area contributed by atoms with Crippen LogP contribution in [0.5, 0.6) is 0 Å². The molecule has 5 heteroatoms. The molecule has 0 bridgehead atoms. The Balaban J connectivity index is 1.26. The number of hydrogen-bond donors (Lipinski definition) is 1. The van der Waals surface area contributed by atoms with Gasteiger partial charge in [-0.2, -0.15) is 0 Å². The lowest BCUT2D eigenvalue weighted by atomic mass is 10.1. The zero-order chi connectivity index (χ0) is 22.9. The first kappa shape index (κ1) is 22.5. The molecule has 1 heterocycles. The number of carbonyl (C=O) groups is 1. The van der Waals surface area contributed by atoms with Gasteiger partial charge in [-0.3, -0.25) is 4.79 Å². The van der Waals surface area contributed by atoms with Crippen LogP contribution in [-0.2, 0) is 35.7 Å². The Labute approximate surface area is 194 Å². The van der Waals surface area contributed by atoms with E-state index in [4.69, 9.17) is 9.15 Å². The normalized spacial score (nSPS) is 10.8. The number of aryl methyl sites for hydroxylation is 2. The van der Waals surface area contributed by atoms with Crippen LogP contribution in [0, 0.1) is 6.92 Å². The van der Waals surface area contributed by atoms with Gasteiger partial charge in [0.05, 0.1) is 18.9 Å². The summed E-state index contributed by atoms with van der Waals surface area (Å²) in [5.41, 5.74) is 5.09. The van der Waals surface area contributed by atoms with Crippen LogP contribution in [0.1, 0.15) is 34.7 Å². The van der Waals surface area contributed by atoms with E-state index in [2.05, 4.69) is 10.3 Å². The minimum absolute atomic E-state index is 0.0351. The topological polar surface area (TPSA) is 64.4 Å². The monoisotopic (exact) mass is 440 g/mol. The van der Waals surface area contributed by atoms with E-state index in [0.717, 1.165) is 33.7 Å². The van der Waals surface area contributed by atoms with Crippen molar-refractivity contribution < 1.29 is 13.9 Å². The Morgan fingerprint density at radius 3 is 2.30 bits per heavy atom. The smallest absolute Gasteiger partial charge is 0.220 e. The molecule has 0 aliphatic heterocycles. The summed E-state index contributed by atoms with van der Waals surface area (Å²) in [4.78, 5) is 16.9. The van der Waals surface area contributed by atoms with Crippen LogP contribution >= 0.6 is 0 Å². The van der Waals surface area contributed by atoms with Crippen molar-refractivity contribution in [2.75, 3.05) is 0 Å². The predicted octanol–water partition coefficient (Wildman–Crippen LogP) is 5.62. The van der Waals surface area contributed by atoms with Crippen molar-refractivity contribution >= 4 is 5.91 Å². The number of ether oxygens (including phenoxy) is 1. The average molecular weight is 441 g/mol. The number of amides is 1. The Bertz CT molecular complexity index is 1170. The molecule has 1 aromatic heterocycles. The summed E-state index contributed by atoms with van der Waals surface area (Å²) in [6, 6.07) is 28.0. The van der Waals surface area contributed by atoms with E-state index in [1.54, 1.807) is 0 Å². The highest BCUT2D eigenvalue weighted by atomic mass is 16.5. The molecule has 1 amide bonds. The molecule has 0 saturated heterocycles. The number of nitrogens with zero attached hydrogens (tertiary/aromatic N) is 1. The molecule has 168 valence electrons. The lowest BCUT2D eigenvalue weighted by molar-refractivity contribution is -0.121. The molecule has 0 aliphatic carbocycles. The SMILES string of the molecule is Cc1nc(CCC(=O)NCc2ccccc2COCc2ccccc2)oc1-c1ccccc1. The molecule has 0 atom stereocenters. The Kier molecular flexibility index (Phi) is 7.67. The van der Waals surface area contributed by atoms with Crippen molar-refractivity contribution in [2.45, 2.75) is 39.5 Å². The second kappa shape index (κ2) is 11.2. The summed E-state index contributed by atoms with van der Waals surface area (Å²) in [5, 5.41) is 3.01. The van der Waals surface area contributed by atoms with Gasteiger partial charge in [0.25, 0.3) is 0 Å². The standard InChI is InChI=1S/C28H28N2O3/c1-21-28(23-12-6-3-7-13-23)33-27(30-21)17-16-26(31)29-18-24-14-8-9-15-25(24)20-32-19-22-10-4-2-5-11-22/h2-15H,16-20H2,1H3,(H,29,31). The van der Waals surface area contributed by atoms with Crippen molar-refractivity contribution in [3.8, 4) is 11.3 Å². The van der Waals surface area contributed by atoms with Crippen molar-refractivity contribution in [2.24, 2.45) is 0 Å². The maximum Gasteiger partial charge on any atom is 0.220 e. The Morgan fingerprint density at radius 2 is 1.55 bits per heavy atom. The van der Waals surface area contributed by atoms with E-state index in [0.29, 0.717) is 38.5 Å². The first-order valence-electron chi connectivity index (χ1n) is 11.2. The highest BCUT2D eigenvalue weighted by Gasteiger charge is 2.13. The van der Waals surface area contributed by atoms with Crippen molar-refractivity contribution in [1.82, 2.24) is 10.3 Å². The van der Waals surface area contributed by atoms with Crippen LogP contribution in [0.25, 0.3) is 11.3 Å². The maximum absolute atomic E-state index is 12.4. The minimum atomic E-state index is -0.0351. The summed E-state index contributed by atoms with van der Waals surface area (Å²) in [6.45, 7) is 3.44. The van der Waals surface area contributed by atoms with Crippen molar-refractivity contribution in [1.29, 1.82) is 0 Å². The summed E-state index contributed by atoms with van der Waals surface area (Å²) in [7, 11) is 0. The van der Waals surface area contributed by atoms with Crippen LogP contribution in [-0.4, -0.2) is 10.9 Å². The summed E-state index contributed by atoms with van der Waals surface area (Å²) in [6.07, 6.45) is 0.780. The van der Waals surface area contributed by atoms with E-state index in [-0.39, 0.29) is 5.91 Å². The summed E-state index contributed by atoms with van der Waals surface area (Å²) in [5.74, 6) is 1.30. The largest absolute Gasteiger partial charge is 0.440 e. The molecule has 33 heavy (non-hydrogen) atoms. The number of aromatic nitrogens is 1. The first-order valence-corrected chi connectivity index (χ1v) is 11.2. The third-order valence-corrected chi connectivity index (χ3v) is 5.41. The van der Waals surface area contributed by atoms with Gasteiger partial charge in [-0.25, -0.2) is 4.98 Å². The third-order valence-electron chi connectivity index (χ3n) is 5.41. The Hall–Kier alpha value is -3.70. The van der Waals surface area contributed by atoms with E-state index < -0.39 is 0 Å². The number of rotatable bonds is 10. The number of oxazole rings is 1. The second-order valence-electron chi connectivity index (χ2n) is 7.91. The van der Waals surface area contributed by atoms with Crippen LogP contribution < -0.4 is 5.32 Å². The molecule has 0 spiro atoms. The van der Waals surface area contributed by atoms with E-state index in [9.17, 15) is 4.79 Å². The highest BCUT2D eigenvalue weighted by Crippen LogP contribution is 2.24. The number of nitrogens with one attached hydrogen (secondary N) is 1. The number of hydrogen-bond acceptors (Lipinski definition) is 4. The second-order valence-corrected chi connectivity index (χ2v) is 7.91. The number of benzene rings is 3. The van der Waals surface area contributed by atoms with Gasteiger partial charge >= 0.3 is 0 Å². The minimum Gasteiger partial charge on any atom is -0.440 e.